The van der Waals surface area contributed by atoms with Crippen molar-refractivity contribution in [3.05, 3.63) is 46.9 Å². The van der Waals surface area contributed by atoms with Crippen LogP contribution in [-0.2, 0) is 4.79 Å². The van der Waals surface area contributed by atoms with Gasteiger partial charge in [-0.3, -0.25) is 4.79 Å². The monoisotopic (exact) mass is 334 g/mol. The van der Waals surface area contributed by atoms with E-state index in [9.17, 15) is 13.6 Å². The number of hydrogen-bond acceptors (Lipinski definition) is 5. The molecule has 0 saturated carbocycles. The molecule has 2 aromatic rings. The van der Waals surface area contributed by atoms with E-state index in [1.165, 1.54) is 0 Å². The topological polar surface area (TPSA) is 78.7 Å². The molecule has 0 unspecified atom stereocenters. The van der Waals surface area contributed by atoms with Crippen molar-refractivity contribution in [3.8, 4) is 6.07 Å². The molecule has 1 heterocycles. The van der Waals surface area contributed by atoms with Gasteiger partial charge in [-0.25, -0.2) is 18.7 Å². The van der Waals surface area contributed by atoms with E-state index in [4.69, 9.17) is 5.26 Å². The Labute approximate surface area is 135 Å². The number of carbonyl (C=O) groups excluding carboxylic acids is 1. The summed E-state index contributed by atoms with van der Waals surface area (Å²) >= 11 is 1.06. The van der Waals surface area contributed by atoms with Gasteiger partial charge in [-0.05, 0) is 26.0 Å². The molecule has 0 aliphatic rings. The largest absolute Gasteiger partial charge is 0.325 e. The molecule has 8 heteroatoms. The molecule has 118 valence electrons. The zero-order valence-corrected chi connectivity index (χ0v) is 13.2. The van der Waals surface area contributed by atoms with Crippen molar-refractivity contribution >= 4 is 23.4 Å². The molecule has 5 nitrogen and oxygen atoms in total. The van der Waals surface area contributed by atoms with Gasteiger partial charge in [-0.15, -0.1) is 0 Å². The van der Waals surface area contributed by atoms with Crippen LogP contribution < -0.4 is 5.32 Å². The number of nitrogens with one attached hydrogen (secondary N) is 1. The number of aromatic nitrogens is 2. The smallest absolute Gasteiger partial charge is 0.234 e. The summed E-state index contributed by atoms with van der Waals surface area (Å²) in [6, 6.07) is 4.76. The van der Waals surface area contributed by atoms with E-state index in [0.717, 1.165) is 30.0 Å². The van der Waals surface area contributed by atoms with Crippen molar-refractivity contribution < 1.29 is 13.6 Å². The molecule has 2 rings (SSSR count). The minimum absolute atomic E-state index is 0.0312. The van der Waals surface area contributed by atoms with E-state index in [1.54, 1.807) is 13.8 Å². The Balaban J connectivity index is 2.06. The number of benzene rings is 1. The summed E-state index contributed by atoms with van der Waals surface area (Å²) in [6.45, 7) is 3.38. The first-order valence-electron chi connectivity index (χ1n) is 6.53. The van der Waals surface area contributed by atoms with Gasteiger partial charge in [0.1, 0.15) is 34.1 Å². The Morgan fingerprint density at radius 1 is 1.26 bits per heavy atom. The van der Waals surface area contributed by atoms with E-state index in [0.29, 0.717) is 22.1 Å². The second-order valence-corrected chi connectivity index (χ2v) is 5.61. The average molecular weight is 334 g/mol. The van der Waals surface area contributed by atoms with Crippen LogP contribution in [-0.4, -0.2) is 21.6 Å². The number of nitriles is 1. The highest BCUT2D eigenvalue weighted by Crippen LogP contribution is 2.22. The predicted molar refractivity (Wildman–Crippen MR) is 81.9 cm³/mol. The average Bonchev–Trinajstić information content (AvgIpc) is 2.43. The highest BCUT2D eigenvalue weighted by Gasteiger charge is 2.13. The van der Waals surface area contributed by atoms with Crippen molar-refractivity contribution in [2.75, 3.05) is 11.1 Å². The molecule has 1 aromatic carbocycles. The summed E-state index contributed by atoms with van der Waals surface area (Å²) in [6.07, 6.45) is 0. The van der Waals surface area contributed by atoms with E-state index >= 15 is 0 Å². The number of hydrogen-bond donors (Lipinski definition) is 1. The Morgan fingerprint density at radius 2 is 1.91 bits per heavy atom. The Kier molecular flexibility index (Phi) is 5.24. The zero-order valence-electron chi connectivity index (χ0n) is 12.4. The molecular weight excluding hydrogens is 322 g/mol. The lowest BCUT2D eigenvalue weighted by atomic mass is 10.3. The van der Waals surface area contributed by atoms with Gasteiger partial charge in [-0.1, -0.05) is 11.8 Å². The predicted octanol–water partition coefficient (Wildman–Crippen LogP) is 2.97. The fourth-order valence-electron chi connectivity index (χ4n) is 1.87. The summed E-state index contributed by atoms with van der Waals surface area (Å²) in [4.78, 5) is 20.1. The molecule has 0 fully saturated rings. The maximum atomic E-state index is 13.1. The summed E-state index contributed by atoms with van der Waals surface area (Å²) < 4.78 is 26.1. The molecule has 0 aliphatic carbocycles. The maximum Gasteiger partial charge on any atom is 0.234 e. The Hall–Kier alpha value is -2.53. The Bertz CT molecular complexity index is 785. The van der Waals surface area contributed by atoms with Gasteiger partial charge in [-0.2, -0.15) is 5.26 Å². The van der Waals surface area contributed by atoms with Crippen LogP contribution in [0.4, 0.5) is 14.5 Å². The van der Waals surface area contributed by atoms with Crippen LogP contribution in [0, 0.1) is 36.8 Å². The van der Waals surface area contributed by atoms with Gasteiger partial charge < -0.3 is 5.32 Å². The van der Waals surface area contributed by atoms with Gasteiger partial charge in [0.2, 0.25) is 5.91 Å². The summed E-state index contributed by atoms with van der Waals surface area (Å²) in [7, 11) is 0. The van der Waals surface area contributed by atoms with Crippen LogP contribution in [0.15, 0.2) is 23.2 Å². The van der Waals surface area contributed by atoms with Crippen molar-refractivity contribution in [1.82, 2.24) is 9.97 Å². The van der Waals surface area contributed by atoms with Crippen molar-refractivity contribution in [2.45, 2.75) is 18.9 Å². The molecule has 0 saturated heterocycles. The molecule has 0 bridgehead atoms. The number of aryl methyl sites for hydroxylation is 2. The first-order chi connectivity index (χ1) is 10.9. The third kappa shape index (κ3) is 4.47. The van der Waals surface area contributed by atoms with E-state index in [1.807, 2.05) is 6.07 Å². The highest BCUT2D eigenvalue weighted by molar-refractivity contribution is 8.00. The van der Waals surface area contributed by atoms with Crippen LogP contribution in [0.5, 0.6) is 0 Å². The highest BCUT2D eigenvalue weighted by atomic mass is 32.2. The number of nitrogens with zero attached hydrogens (tertiary/aromatic N) is 3. The van der Waals surface area contributed by atoms with Crippen LogP contribution in [0.2, 0.25) is 0 Å². The van der Waals surface area contributed by atoms with Gasteiger partial charge in [0.15, 0.2) is 0 Å². The number of thioether (sulfide) groups is 1. The third-order valence-corrected chi connectivity index (χ3v) is 3.74. The molecule has 0 radical (unpaired) electrons. The van der Waals surface area contributed by atoms with Gasteiger partial charge >= 0.3 is 0 Å². The minimum Gasteiger partial charge on any atom is -0.325 e. The summed E-state index contributed by atoms with van der Waals surface area (Å²) in [5.74, 6) is -1.57. The number of carbonyl (C=O) groups is 1. The van der Waals surface area contributed by atoms with Crippen LogP contribution in [0.25, 0.3) is 0 Å². The molecular formula is C15H12F2N4OS. The number of anilines is 1. The van der Waals surface area contributed by atoms with Gasteiger partial charge in [0, 0.05) is 11.8 Å². The van der Waals surface area contributed by atoms with Crippen molar-refractivity contribution in [3.63, 3.8) is 0 Å². The second-order valence-electron chi connectivity index (χ2n) is 4.64. The quantitative estimate of drug-likeness (QED) is 0.687. The van der Waals surface area contributed by atoms with Crippen molar-refractivity contribution in [2.24, 2.45) is 0 Å². The standard InChI is InChI=1S/C15H12F2N4OS/c1-8-13(6-18)15(20-9(2)19-8)23-7-14(22)21-12-4-10(16)3-11(17)5-12/h3-5H,7H2,1-2H3,(H,21,22). The maximum absolute atomic E-state index is 13.1. The lowest BCUT2D eigenvalue weighted by Gasteiger charge is -2.08. The van der Waals surface area contributed by atoms with Crippen LogP contribution in [0.3, 0.4) is 0 Å². The lowest BCUT2D eigenvalue weighted by molar-refractivity contribution is -0.113. The summed E-state index contributed by atoms with van der Waals surface area (Å²) in [5, 5.41) is 11.9. The number of halogens is 2. The number of rotatable bonds is 4. The fraction of sp³-hybridized carbons (Fsp3) is 0.200. The lowest BCUT2D eigenvalue weighted by Crippen LogP contribution is -2.15. The fourth-order valence-corrected chi connectivity index (χ4v) is 2.75. The third-order valence-electron chi connectivity index (χ3n) is 2.77. The minimum atomic E-state index is -0.776. The molecule has 23 heavy (non-hydrogen) atoms. The van der Waals surface area contributed by atoms with Gasteiger partial charge in [0.05, 0.1) is 11.4 Å². The molecule has 1 aromatic heterocycles. The molecule has 1 N–H and O–H groups in total. The van der Waals surface area contributed by atoms with Crippen molar-refractivity contribution in [1.29, 1.82) is 5.26 Å². The molecule has 0 aliphatic heterocycles. The summed E-state index contributed by atoms with van der Waals surface area (Å²) in [5.41, 5.74) is 0.879. The van der Waals surface area contributed by atoms with E-state index in [-0.39, 0.29) is 11.4 Å². The normalized spacial score (nSPS) is 10.2. The first kappa shape index (κ1) is 16.8. The SMILES string of the molecule is Cc1nc(C)c(C#N)c(SCC(=O)Nc2cc(F)cc(F)c2)n1. The second kappa shape index (κ2) is 7.15. The zero-order chi connectivity index (χ0) is 17.0. The Morgan fingerprint density at radius 3 is 2.52 bits per heavy atom. The first-order valence-corrected chi connectivity index (χ1v) is 7.51. The molecule has 0 spiro atoms. The number of amides is 1. The molecule has 0 atom stereocenters. The van der Waals surface area contributed by atoms with Crippen LogP contribution in [0.1, 0.15) is 17.1 Å². The van der Waals surface area contributed by atoms with Crippen LogP contribution >= 0.6 is 11.8 Å². The van der Waals surface area contributed by atoms with E-state index < -0.39 is 17.5 Å². The molecule has 1 amide bonds. The van der Waals surface area contributed by atoms with Gasteiger partial charge in [0.25, 0.3) is 0 Å². The van der Waals surface area contributed by atoms with E-state index in [2.05, 4.69) is 15.3 Å².